The molecule has 1 saturated heterocycles. The summed E-state index contributed by atoms with van der Waals surface area (Å²) in [5, 5.41) is 3.44. The summed E-state index contributed by atoms with van der Waals surface area (Å²) in [5.41, 5.74) is 0.649. The van der Waals surface area contributed by atoms with Crippen LogP contribution in [-0.4, -0.2) is 36.2 Å². The number of carbonyl (C=O) groups is 1. The van der Waals surface area contributed by atoms with Gasteiger partial charge in [-0.05, 0) is 50.2 Å². The third kappa shape index (κ3) is 6.26. The van der Waals surface area contributed by atoms with Gasteiger partial charge in [0.05, 0.1) is 12.0 Å². The molecule has 3 rings (SSSR count). The minimum absolute atomic E-state index is 0.0476. The Morgan fingerprint density at radius 1 is 1.33 bits per heavy atom. The zero-order valence-corrected chi connectivity index (χ0v) is 16.7. The maximum absolute atomic E-state index is 13.9. The van der Waals surface area contributed by atoms with Crippen LogP contribution >= 0.6 is 23.4 Å². The van der Waals surface area contributed by atoms with Crippen molar-refractivity contribution >= 4 is 29.3 Å². The van der Waals surface area contributed by atoms with Crippen molar-refractivity contribution in [1.82, 2.24) is 10.2 Å². The molecule has 0 saturated carbocycles. The van der Waals surface area contributed by atoms with Gasteiger partial charge in [0, 0.05) is 35.3 Å². The van der Waals surface area contributed by atoms with Crippen molar-refractivity contribution in [2.24, 2.45) is 5.92 Å². The van der Waals surface area contributed by atoms with Crippen molar-refractivity contribution in [3.63, 3.8) is 0 Å². The van der Waals surface area contributed by atoms with Crippen LogP contribution in [-0.2, 0) is 17.1 Å². The molecule has 0 aliphatic carbocycles. The van der Waals surface area contributed by atoms with Crippen LogP contribution in [0.3, 0.4) is 0 Å². The average Bonchev–Trinajstić information content (AvgIpc) is 3.18. The number of thioether (sulfide) groups is 1. The van der Waals surface area contributed by atoms with Crippen molar-refractivity contribution in [1.29, 1.82) is 0 Å². The average molecular weight is 411 g/mol. The highest BCUT2D eigenvalue weighted by Crippen LogP contribution is 2.21. The van der Waals surface area contributed by atoms with E-state index in [0.717, 1.165) is 43.2 Å². The first-order valence-corrected chi connectivity index (χ1v) is 10.7. The third-order valence-corrected chi connectivity index (χ3v) is 5.95. The van der Waals surface area contributed by atoms with Gasteiger partial charge in [-0.3, -0.25) is 9.69 Å². The molecule has 146 valence electrons. The highest BCUT2D eigenvalue weighted by molar-refractivity contribution is 7.98. The summed E-state index contributed by atoms with van der Waals surface area (Å²) in [6.45, 7) is 2.82. The first kappa shape index (κ1) is 20.2. The molecule has 0 bridgehead atoms. The summed E-state index contributed by atoms with van der Waals surface area (Å²) in [7, 11) is 0. The van der Waals surface area contributed by atoms with Gasteiger partial charge in [0.1, 0.15) is 11.6 Å². The minimum atomic E-state index is -0.269. The van der Waals surface area contributed by atoms with Crippen LogP contribution in [0.4, 0.5) is 4.39 Å². The number of hydrogen-bond donors (Lipinski definition) is 1. The lowest BCUT2D eigenvalue weighted by molar-refractivity contribution is -0.126. The molecule has 4 nitrogen and oxygen atoms in total. The van der Waals surface area contributed by atoms with Crippen LogP contribution in [0, 0.1) is 11.7 Å². The van der Waals surface area contributed by atoms with E-state index in [1.54, 1.807) is 30.2 Å². The number of halogens is 2. The monoisotopic (exact) mass is 410 g/mol. The van der Waals surface area contributed by atoms with Gasteiger partial charge in [-0.1, -0.05) is 17.7 Å². The topological polar surface area (TPSA) is 45.5 Å². The number of likely N-dealkylation sites (tertiary alicyclic amines) is 1. The number of piperidine rings is 1. The smallest absolute Gasteiger partial charge is 0.223 e. The number of carbonyl (C=O) groups excluding carboxylic acids is 1. The molecule has 1 fully saturated rings. The number of hydrogen-bond acceptors (Lipinski definition) is 4. The summed E-state index contributed by atoms with van der Waals surface area (Å²) in [6.07, 6.45) is 3.28. The molecule has 1 N–H and O–H groups in total. The number of benzene rings is 1. The Morgan fingerprint density at radius 3 is 2.85 bits per heavy atom. The number of rotatable bonds is 8. The van der Waals surface area contributed by atoms with Crippen molar-refractivity contribution < 1.29 is 13.6 Å². The Labute approximate surface area is 168 Å². The standard InChI is InChI=1S/C20H24ClFN2O2S/c21-17-4-3-16(19(22)12-17)13-24-8-5-15(6-9-24)20(25)23-7-11-27-14-18-2-1-10-26-18/h1-4,10,12,15H,5-9,11,13-14H2,(H,23,25). The molecule has 1 aromatic heterocycles. The summed E-state index contributed by atoms with van der Waals surface area (Å²) in [4.78, 5) is 14.5. The van der Waals surface area contributed by atoms with E-state index < -0.39 is 0 Å². The van der Waals surface area contributed by atoms with E-state index in [-0.39, 0.29) is 17.6 Å². The SMILES string of the molecule is O=C(NCCSCc1ccco1)C1CCN(Cc2ccc(Cl)cc2F)CC1. The lowest BCUT2D eigenvalue weighted by Crippen LogP contribution is -2.40. The van der Waals surface area contributed by atoms with Crippen LogP contribution in [0.15, 0.2) is 41.0 Å². The lowest BCUT2D eigenvalue weighted by Gasteiger charge is -2.31. The third-order valence-electron chi connectivity index (χ3n) is 4.74. The van der Waals surface area contributed by atoms with Crippen LogP contribution in [0.5, 0.6) is 0 Å². The molecular formula is C20H24ClFN2O2S. The van der Waals surface area contributed by atoms with Crippen molar-refractivity contribution in [2.75, 3.05) is 25.4 Å². The molecule has 1 aliphatic heterocycles. The zero-order valence-electron chi connectivity index (χ0n) is 15.1. The highest BCUT2D eigenvalue weighted by atomic mass is 35.5. The van der Waals surface area contributed by atoms with Gasteiger partial charge in [0.2, 0.25) is 5.91 Å². The summed E-state index contributed by atoms with van der Waals surface area (Å²) < 4.78 is 19.2. The fourth-order valence-corrected chi connectivity index (χ4v) is 4.12. The highest BCUT2D eigenvalue weighted by Gasteiger charge is 2.25. The van der Waals surface area contributed by atoms with E-state index in [1.807, 2.05) is 12.1 Å². The zero-order chi connectivity index (χ0) is 19.1. The van der Waals surface area contributed by atoms with Crippen LogP contribution in [0.1, 0.15) is 24.2 Å². The molecule has 0 spiro atoms. The Bertz CT molecular complexity index is 734. The van der Waals surface area contributed by atoms with E-state index >= 15 is 0 Å². The molecule has 2 heterocycles. The number of furan rings is 1. The van der Waals surface area contributed by atoms with Crippen LogP contribution < -0.4 is 5.32 Å². The van der Waals surface area contributed by atoms with Gasteiger partial charge in [0.25, 0.3) is 0 Å². The molecule has 1 amide bonds. The summed E-state index contributed by atoms with van der Waals surface area (Å²) in [6, 6.07) is 8.63. The van der Waals surface area contributed by atoms with E-state index in [0.29, 0.717) is 23.7 Å². The molecule has 0 unspecified atom stereocenters. The maximum Gasteiger partial charge on any atom is 0.223 e. The molecule has 7 heteroatoms. The Hall–Kier alpha value is -1.50. The normalized spacial score (nSPS) is 15.8. The van der Waals surface area contributed by atoms with Gasteiger partial charge >= 0.3 is 0 Å². The van der Waals surface area contributed by atoms with E-state index in [4.69, 9.17) is 16.0 Å². The van der Waals surface area contributed by atoms with Crippen LogP contribution in [0.2, 0.25) is 5.02 Å². The molecule has 2 aromatic rings. The van der Waals surface area contributed by atoms with Crippen molar-refractivity contribution in [3.8, 4) is 0 Å². The van der Waals surface area contributed by atoms with E-state index in [2.05, 4.69) is 10.2 Å². The number of amides is 1. The first-order valence-electron chi connectivity index (χ1n) is 9.16. The Morgan fingerprint density at radius 2 is 2.15 bits per heavy atom. The first-order chi connectivity index (χ1) is 13.1. The predicted octanol–water partition coefficient (Wildman–Crippen LogP) is 4.33. The van der Waals surface area contributed by atoms with Gasteiger partial charge in [-0.2, -0.15) is 11.8 Å². The van der Waals surface area contributed by atoms with E-state index in [9.17, 15) is 9.18 Å². The largest absolute Gasteiger partial charge is 0.468 e. The van der Waals surface area contributed by atoms with E-state index in [1.165, 1.54) is 6.07 Å². The van der Waals surface area contributed by atoms with Crippen molar-refractivity contribution in [2.45, 2.75) is 25.1 Å². The maximum atomic E-state index is 13.9. The van der Waals surface area contributed by atoms with Gasteiger partial charge in [-0.15, -0.1) is 0 Å². The molecule has 0 radical (unpaired) electrons. The number of nitrogens with zero attached hydrogens (tertiary/aromatic N) is 1. The Kier molecular flexibility index (Phi) is 7.61. The van der Waals surface area contributed by atoms with Gasteiger partial charge in [-0.25, -0.2) is 4.39 Å². The molecule has 27 heavy (non-hydrogen) atoms. The predicted molar refractivity (Wildman–Crippen MR) is 107 cm³/mol. The van der Waals surface area contributed by atoms with Gasteiger partial charge < -0.3 is 9.73 Å². The minimum Gasteiger partial charge on any atom is -0.468 e. The van der Waals surface area contributed by atoms with Gasteiger partial charge in [0.15, 0.2) is 0 Å². The summed E-state index contributed by atoms with van der Waals surface area (Å²) in [5.74, 6) is 2.55. The molecular weight excluding hydrogens is 387 g/mol. The molecule has 0 atom stereocenters. The number of nitrogens with one attached hydrogen (secondary N) is 1. The second-order valence-electron chi connectivity index (χ2n) is 6.71. The second kappa shape index (κ2) is 10.2. The fraction of sp³-hybridized carbons (Fsp3) is 0.450. The molecule has 1 aromatic carbocycles. The Balaban J connectivity index is 1.32. The van der Waals surface area contributed by atoms with Crippen LogP contribution in [0.25, 0.3) is 0 Å². The fourth-order valence-electron chi connectivity index (χ4n) is 3.20. The molecule has 1 aliphatic rings. The summed E-state index contributed by atoms with van der Waals surface area (Å²) >= 11 is 7.54. The quantitative estimate of drug-likeness (QED) is 0.658. The van der Waals surface area contributed by atoms with Crippen molar-refractivity contribution in [3.05, 3.63) is 58.8 Å². The lowest BCUT2D eigenvalue weighted by atomic mass is 9.95. The second-order valence-corrected chi connectivity index (χ2v) is 8.25.